The van der Waals surface area contributed by atoms with Crippen LogP contribution in [0.5, 0.6) is 0 Å². The van der Waals surface area contributed by atoms with Gasteiger partial charge >= 0.3 is 0 Å². The number of carbonyl (C=O) groups excluding carboxylic acids is 1. The normalized spacial score (nSPS) is 14.6. The van der Waals surface area contributed by atoms with Crippen molar-refractivity contribution in [1.82, 2.24) is 0 Å². The number of hydrogen-bond donors (Lipinski definition) is 2. The average Bonchev–Trinajstić information content (AvgIpc) is 2.43. The minimum Gasteiger partial charge on any atom is -0.394 e. The Kier molecular flexibility index (Phi) is 6.13. The summed E-state index contributed by atoms with van der Waals surface area (Å²) in [6, 6.07) is 4.58. The smallest absolute Gasteiger partial charge is 0.269 e. The monoisotopic (exact) mass is 294 g/mol. The van der Waals surface area contributed by atoms with Crippen molar-refractivity contribution in [1.29, 1.82) is 0 Å². The second-order valence-electron chi connectivity index (χ2n) is 4.79. The first-order chi connectivity index (χ1) is 9.85. The highest BCUT2D eigenvalue weighted by atomic mass is 16.6. The van der Waals surface area contributed by atoms with E-state index in [0.717, 1.165) is 0 Å². The predicted molar refractivity (Wildman–Crippen MR) is 77.3 cm³/mol. The van der Waals surface area contributed by atoms with E-state index in [1.54, 1.807) is 6.92 Å². The number of hydrogen-bond acceptors (Lipinski definition) is 6. The van der Waals surface area contributed by atoms with E-state index in [2.05, 4.69) is 4.99 Å². The number of nitro groups is 1. The third kappa shape index (κ3) is 5.05. The van der Waals surface area contributed by atoms with Crippen LogP contribution in [0.25, 0.3) is 0 Å². The van der Waals surface area contributed by atoms with Gasteiger partial charge in [-0.15, -0.1) is 0 Å². The standard InChI is InChI=1S/C14H18N2O5/c1-9(7-10(2)18)15-13(8-17)14(19)11-3-5-12(6-4-11)16(20)21/h3-6,13-14,17,19H,7-8H2,1-2H3/t13-,14-/m1/s1. The molecular formula is C14H18N2O5. The van der Waals surface area contributed by atoms with Crippen LogP contribution in [0.3, 0.4) is 0 Å². The van der Waals surface area contributed by atoms with Gasteiger partial charge in [0.15, 0.2) is 0 Å². The van der Waals surface area contributed by atoms with E-state index in [9.17, 15) is 25.1 Å². The van der Waals surface area contributed by atoms with Crippen molar-refractivity contribution in [2.75, 3.05) is 6.61 Å². The van der Waals surface area contributed by atoms with Crippen LogP contribution in [-0.2, 0) is 4.79 Å². The first kappa shape index (κ1) is 16.9. The molecule has 0 aliphatic carbocycles. The Morgan fingerprint density at radius 1 is 1.33 bits per heavy atom. The summed E-state index contributed by atoms with van der Waals surface area (Å²) in [6.07, 6.45) is -0.943. The summed E-state index contributed by atoms with van der Waals surface area (Å²) < 4.78 is 0. The van der Waals surface area contributed by atoms with E-state index in [1.165, 1.54) is 31.2 Å². The summed E-state index contributed by atoms with van der Waals surface area (Å²) in [6.45, 7) is 2.68. The summed E-state index contributed by atoms with van der Waals surface area (Å²) in [5.74, 6) is -0.0576. The fourth-order valence-electron chi connectivity index (χ4n) is 1.92. The zero-order chi connectivity index (χ0) is 16.0. The summed E-state index contributed by atoms with van der Waals surface area (Å²) >= 11 is 0. The van der Waals surface area contributed by atoms with Crippen LogP contribution < -0.4 is 0 Å². The minimum absolute atomic E-state index is 0.0576. The van der Waals surface area contributed by atoms with Crippen LogP contribution in [0.15, 0.2) is 29.3 Å². The molecule has 0 aliphatic heterocycles. The topological polar surface area (TPSA) is 113 Å². The number of aliphatic imine (C=N–C) groups is 1. The first-order valence-corrected chi connectivity index (χ1v) is 6.41. The molecule has 0 aliphatic rings. The van der Waals surface area contributed by atoms with Gasteiger partial charge < -0.3 is 10.2 Å². The molecule has 0 bridgehead atoms. The van der Waals surface area contributed by atoms with Gasteiger partial charge in [0.25, 0.3) is 5.69 Å². The molecule has 7 nitrogen and oxygen atoms in total. The maximum Gasteiger partial charge on any atom is 0.269 e. The van der Waals surface area contributed by atoms with E-state index >= 15 is 0 Å². The van der Waals surface area contributed by atoms with Crippen LogP contribution in [-0.4, -0.2) is 39.3 Å². The van der Waals surface area contributed by atoms with Gasteiger partial charge in [-0.25, -0.2) is 0 Å². The Labute approximate surface area is 122 Å². The Balaban J connectivity index is 2.90. The van der Waals surface area contributed by atoms with E-state index in [-0.39, 0.29) is 17.9 Å². The molecule has 0 aromatic heterocycles. The lowest BCUT2D eigenvalue weighted by Crippen LogP contribution is -2.22. The van der Waals surface area contributed by atoms with E-state index < -0.39 is 23.7 Å². The number of ketones is 1. The lowest BCUT2D eigenvalue weighted by Gasteiger charge is -2.18. The first-order valence-electron chi connectivity index (χ1n) is 6.41. The highest BCUT2D eigenvalue weighted by molar-refractivity contribution is 5.99. The van der Waals surface area contributed by atoms with Crippen molar-refractivity contribution in [3.05, 3.63) is 39.9 Å². The Hall–Kier alpha value is -2.12. The molecule has 0 amide bonds. The summed E-state index contributed by atoms with van der Waals surface area (Å²) in [7, 11) is 0. The van der Waals surface area contributed by atoms with Crippen LogP contribution >= 0.6 is 0 Å². The Bertz CT molecular complexity index is 539. The van der Waals surface area contributed by atoms with Gasteiger partial charge in [-0.05, 0) is 31.5 Å². The van der Waals surface area contributed by atoms with E-state index in [1.807, 2.05) is 0 Å². The second-order valence-corrected chi connectivity index (χ2v) is 4.79. The van der Waals surface area contributed by atoms with Gasteiger partial charge in [0.1, 0.15) is 17.9 Å². The highest BCUT2D eigenvalue weighted by Crippen LogP contribution is 2.22. The van der Waals surface area contributed by atoms with Gasteiger partial charge in [0.2, 0.25) is 0 Å². The number of aliphatic hydroxyl groups excluding tert-OH is 2. The minimum atomic E-state index is -1.10. The van der Waals surface area contributed by atoms with E-state index in [0.29, 0.717) is 11.3 Å². The average molecular weight is 294 g/mol. The number of nitro benzene ring substituents is 1. The molecule has 21 heavy (non-hydrogen) atoms. The number of carbonyl (C=O) groups is 1. The molecular weight excluding hydrogens is 276 g/mol. The van der Waals surface area contributed by atoms with Crippen molar-refractivity contribution in [3.63, 3.8) is 0 Å². The number of rotatable bonds is 7. The van der Waals surface area contributed by atoms with Crippen molar-refractivity contribution in [2.45, 2.75) is 32.4 Å². The molecule has 0 fully saturated rings. The third-order valence-electron chi connectivity index (χ3n) is 2.89. The van der Waals surface area contributed by atoms with Gasteiger partial charge in [-0.3, -0.25) is 19.9 Å². The van der Waals surface area contributed by atoms with Gasteiger partial charge in [-0.1, -0.05) is 0 Å². The molecule has 1 aromatic carbocycles. The van der Waals surface area contributed by atoms with Gasteiger partial charge in [0, 0.05) is 24.3 Å². The predicted octanol–water partition coefficient (Wildman–Crippen LogP) is 1.43. The van der Waals surface area contributed by atoms with Crippen LogP contribution in [0, 0.1) is 10.1 Å². The molecule has 7 heteroatoms. The molecule has 0 saturated carbocycles. The molecule has 0 radical (unpaired) electrons. The zero-order valence-corrected chi connectivity index (χ0v) is 11.9. The van der Waals surface area contributed by atoms with Crippen LogP contribution in [0.1, 0.15) is 31.9 Å². The molecule has 0 spiro atoms. The largest absolute Gasteiger partial charge is 0.394 e. The summed E-state index contributed by atoms with van der Waals surface area (Å²) in [4.78, 5) is 25.2. The number of Topliss-reactive ketones (excluding diaryl/α,β-unsaturated/α-hetero) is 1. The molecule has 2 N–H and O–H groups in total. The fraction of sp³-hybridized carbons (Fsp3) is 0.429. The van der Waals surface area contributed by atoms with Crippen molar-refractivity contribution >= 4 is 17.2 Å². The highest BCUT2D eigenvalue weighted by Gasteiger charge is 2.20. The zero-order valence-electron chi connectivity index (χ0n) is 11.9. The lowest BCUT2D eigenvalue weighted by molar-refractivity contribution is -0.384. The SMILES string of the molecule is CC(=O)CC(C)=N[C@H](CO)[C@H](O)c1ccc([N+](=O)[O-])cc1. The Morgan fingerprint density at radius 3 is 2.33 bits per heavy atom. The van der Waals surface area contributed by atoms with Crippen molar-refractivity contribution in [3.8, 4) is 0 Å². The van der Waals surface area contributed by atoms with Crippen molar-refractivity contribution < 1.29 is 19.9 Å². The third-order valence-corrected chi connectivity index (χ3v) is 2.89. The summed E-state index contributed by atoms with van der Waals surface area (Å²) in [5.41, 5.74) is 0.851. The second kappa shape index (κ2) is 7.61. The maximum absolute atomic E-state index is 11.0. The molecule has 0 unspecified atom stereocenters. The number of non-ortho nitro benzene ring substituents is 1. The van der Waals surface area contributed by atoms with Gasteiger partial charge in [0.05, 0.1) is 11.5 Å². The lowest BCUT2D eigenvalue weighted by atomic mass is 10.0. The van der Waals surface area contributed by atoms with Crippen LogP contribution in [0.4, 0.5) is 5.69 Å². The quantitative estimate of drug-likeness (QED) is 0.448. The number of benzene rings is 1. The maximum atomic E-state index is 11.0. The number of aliphatic hydroxyl groups is 2. The molecule has 0 heterocycles. The Morgan fingerprint density at radius 2 is 1.90 bits per heavy atom. The van der Waals surface area contributed by atoms with Crippen LogP contribution in [0.2, 0.25) is 0 Å². The van der Waals surface area contributed by atoms with E-state index in [4.69, 9.17) is 0 Å². The van der Waals surface area contributed by atoms with Crippen molar-refractivity contribution in [2.24, 2.45) is 4.99 Å². The fourth-order valence-corrected chi connectivity index (χ4v) is 1.92. The summed E-state index contributed by atoms with van der Waals surface area (Å²) in [5, 5.41) is 30.1. The molecule has 2 atom stereocenters. The number of nitrogens with zero attached hydrogens (tertiary/aromatic N) is 2. The molecule has 1 aromatic rings. The molecule has 1 rings (SSSR count). The molecule has 114 valence electrons. The molecule has 0 saturated heterocycles. The van der Waals surface area contributed by atoms with Gasteiger partial charge in [-0.2, -0.15) is 0 Å².